The third-order valence-electron chi connectivity index (χ3n) is 4.57. The van der Waals surface area contributed by atoms with E-state index in [2.05, 4.69) is 21.8 Å². The zero-order chi connectivity index (χ0) is 19.5. The van der Waals surface area contributed by atoms with Crippen molar-refractivity contribution in [3.8, 4) is 11.4 Å². The van der Waals surface area contributed by atoms with Crippen molar-refractivity contribution in [1.29, 1.82) is 0 Å². The topological polar surface area (TPSA) is 63.6 Å². The number of Topliss-reactive ketones (excluding diaryl/α,β-unsaturated/α-hetero) is 1. The monoisotopic (exact) mass is 388 g/mol. The van der Waals surface area contributed by atoms with Gasteiger partial charge >= 0.3 is 0 Å². The Hall–Kier alpha value is -3.12. The fraction of sp³-hybridized carbons (Fsp3) is 0.136. The van der Waals surface area contributed by atoms with E-state index in [4.69, 9.17) is 0 Å². The maximum Gasteiger partial charge on any atom is 0.192 e. The Morgan fingerprint density at radius 2 is 1.89 bits per heavy atom. The highest BCUT2D eigenvalue weighted by atomic mass is 32.2. The third kappa shape index (κ3) is 3.39. The molecule has 0 saturated heterocycles. The minimum atomic E-state index is 0.0781. The van der Waals surface area contributed by atoms with Crippen molar-refractivity contribution in [3.63, 3.8) is 0 Å². The number of aryl methyl sites for hydroxylation is 1. The number of carbonyl (C=O) groups excluding carboxylic acids is 1. The molecule has 0 fully saturated rings. The smallest absolute Gasteiger partial charge is 0.192 e. The van der Waals surface area contributed by atoms with Crippen molar-refractivity contribution in [3.05, 3.63) is 78.5 Å². The summed E-state index contributed by atoms with van der Waals surface area (Å²) in [4.78, 5) is 16.2. The molecule has 4 aromatic rings. The Morgan fingerprint density at radius 1 is 1.14 bits per heavy atom. The van der Waals surface area contributed by atoms with E-state index in [1.807, 2.05) is 72.2 Å². The molecule has 140 valence electrons. The van der Waals surface area contributed by atoms with Gasteiger partial charge in [-0.25, -0.2) is 0 Å². The summed E-state index contributed by atoms with van der Waals surface area (Å²) in [6, 6.07) is 17.8. The van der Waals surface area contributed by atoms with Crippen LogP contribution >= 0.6 is 11.8 Å². The molecule has 0 radical (unpaired) electrons. The number of nitrogens with zero attached hydrogens (tertiary/aromatic N) is 3. The number of H-pyrrole nitrogens is 1. The second-order valence-electron chi connectivity index (χ2n) is 6.45. The number of para-hydroxylation sites is 1. The molecule has 0 spiro atoms. The zero-order valence-corrected chi connectivity index (χ0v) is 16.4. The lowest BCUT2D eigenvalue weighted by Gasteiger charge is -2.07. The van der Waals surface area contributed by atoms with Crippen molar-refractivity contribution in [2.24, 2.45) is 0 Å². The molecule has 4 rings (SSSR count). The van der Waals surface area contributed by atoms with Gasteiger partial charge in [-0.15, -0.1) is 16.8 Å². The lowest BCUT2D eigenvalue weighted by atomic mass is 10.1. The van der Waals surface area contributed by atoms with Gasteiger partial charge in [-0.3, -0.25) is 9.36 Å². The summed E-state index contributed by atoms with van der Waals surface area (Å²) in [7, 11) is 0. The molecular formula is C22H20N4OS. The largest absolute Gasteiger partial charge is 0.358 e. The number of ketones is 1. The van der Waals surface area contributed by atoms with Gasteiger partial charge in [0.15, 0.2) is 16.8 Å². The van der Waals surface area contributed by atoms with Crippen LogP contribution in [0.2, 0.25) is 0 Å². The highest BCUT2D eigenvalue weighted by Gasteiger charge is 2.19. The predicted molar refractivity (Wildman–Crippen MR) is 114 cm³/mol. The lowest BCUT2D eigenvalue weighted by Crippen LogP contribution is -2.06. The fourth-order valence-electron chi connectivity index (χ4n) is 3.33. The van der Waals surface area contributed by atoms with Gasteiger partial charge in [0.25, 0.3) is 0 Å². The number of aromatic nitrogens is 4. The molecule has 2 aromatic heterocycles. The van der Waals surface area contributed by atoms with Crippen LogP contribution in [-0.2, 0) is 6.54 Å². The van der Waals surface area contributed by atoms with Crippen LogP contribution in [0.1, 0.15) is 16.1 Å². The molecule has 0 atom stereocenters. The summed E-state index contributed by atoms with van der Waals surface area (Å²) in [5.41, 5.74) is 3.61. The van der Waals surface area contributed by atoms with E-state index in [0.29, 0.717) is 17.5 Å². The molecule has 6 heteroatoms. The van der Waals surface area contributed by atoms with E-state index in [9.17, 15) is 4.79 Å². The van der Waals surface area contributed by atoms with Gasteiger partial charge in [-0.1, -0.05) is 66.4 Å². The van der Waals surface area contributed by atoms with Crippen LogP contribution in [0.15, 0.2) is 72.4 Å². The molecule has 1 N–H and O–H groups in total. The minimum Gasteiger partial charge on any atom is -0.358 e. The van der Waals surface area contributed by atoms with Crippen molar-refractivity contribution >= 4 is 28.4 Å². The predicted octanol–water partition coefficient (Wildman–Crippen LogP) is 4.90. The van der Waals surface area contributed by atoms with Crippen LogP contribution < -0.4 is 0 Å². The summed E-state index contributed by atoms with van der Waals surface area (Å²) in [5, 5.41) is 10.3. The Labute approximate surface area is 167 Å². The van der Waals surface area contributed by atoms with Gasteiger partial charge in [0.05, 0.1) is 5.75 Å². The van der Waals surface area contributed by atoms with E-state index in [1.165, 1.54) is 11.8 Å². The molecule has 0 amide bonds. The number of fused-ring (bicyclic) bond motifs is 1. The minimum absolute atomic E-state index is 0.0781. The van der Waals surface area contributed by atoms with E-state index in [1.54, 1.807) is 0 Å². The van der Waals surface area contributed by atoms with Gasteiger partial charge < -0.3 is 4.98 Å². The molecule has 0 bridgehead atoms. The molecule has 0 unspecified atom stereocenters. The molecule has 28 heavy (non-hydrogen) atoms. The number of hydrogen-bond donors (Lipinski definition) is 1. The van der Waals surface area contributed by atoms with E-state index >= 15 is 0 Å². The molecule has 0 aliphatic heterocycles. The van der Waals surface area contributed by atoms with Crippen LogP contribution in [0.5, 0.6) is 0 Å². The number of allylic oxidation sites excluding steroid dienone is 1. The van der Waals surface area contributed by atoms with Crippen molar-refractivity contribution in [1.82, 2.24) is 19.7 Å². The van der Waals surface area contributed by atoms with Crippen LogP contribution in [0.3, 0.4) is 0 Å². The summed E-state index contributed by atoms with van der Waals surface area (Å²) >= 11 is 1.40. The summed E-state index contributed by atoms with van der Waals surface area (Å²) in [6.45, 7) is 6.36. The molecule has 0 saturated carbocycles. The number of benzene rings is 2. The van der Waals surface area contributed by atoms with E-state index in [-0.39, 0.29) is 5.78 Å². The summed E-state index contributed by atoms with van der Waals surface area (Å²) in [5.74, 6) is 1.15. The van der Waals surface area contributed by atoms with Crippen LogP contribution in [0, 0.1) is 6.92 Å². The van der Waals surface area contributed by atoms with Gasteiger partial charge in [0.2, 0.25) is 0 Å². The van der Waals surface area contributed by atoms with Gasteiger partial charge in [0.1, 0.15) is 0 Å². The highest BCUT2D eigenvalue weighted by Crippen LogP contribution is 2.27. The first-order valence-electron chi connectivity index (χ1n) is 9.02. The van der Waals surface area contributed by atoms with Crippen LogP contribution in [-0.4, -0.2) is 31.3 Å². The van der Waals surface area contributed by atoms with Crippen molar-refractivity contribution in [2.75, 3.05) is 5.75 Å². The Balaban J connectivity index is 1.59. The maximum atomic E-state index is 12.9. The third-order valence-corrected chi connectivity index (χ3v) is 5.53. The number of nitrogens with one attached hydrogen (secondary N) is 1. The molecule has 2 aromatic carbocycles. The first-order valence-corrected chi connectivity index (χ1v) is 10.0. The van der Waals surface area contributed by atoms with E-state index in [0.717, 1.165) is 33.5 Å². The zero-order valence-electron chi connectivity index (χ0n) is 15.6. The second kappa shape index (κ2) is 7.86. The Bertz CT molecular complexity index is 1140. The first kappa shape index (κ1) is 18.3. The molecule has 0 aliphatic rings. The Kier molecular flexibility index (Phi) is 5.12. The average molecular weight is 388 g/mol. The number of carbonyl (C=O) groups is 1. The van der Waals surface area contributed by atoms with Gasteiger partial charge in [-0.05, 0) is 13.0 Å². The van der Waals surface area contributed by atoms with Gasteiger partial charge in [-0.2, -0.15) is 0 Å². The number of hydrogen-bond acceptors (Lipinski definition) is 4. The quantitative estimate of drug-likeness (QED) is 0.278. The molecule has 5 nitrogen and oxygen atoms in total. The average Bonchev–Trinajstić information content (AvgIpc) is 3.27. The standard InChI is InChI=1S/C22H20N4OS/c1-3-13-26-21(16-9-5-4-6-10-16)24-25-22(26)28-14-19(27)20-15(2)23-18-12-8-7-11-17(18)20/h3-12,23H,1,13-14H2,2H3. The summed E-state index contributed by atoms with van der Waals surface area (Å²) in [6.07, 6.45) is 1.81. The lowest BCUT2D eigenvalue weighted by molar-refractivity contribution is 0.102. The number of rotatable bonds is 7. The van der Waals surface area contributed by atoms with Crippen LogP contribution in [0.4, 0.5) is 0 Å². The van der Waals surface area contributed by atoms with Crippen molar-refractivity contribution in [2.45, 2.75) is 18.6 Å². The SMILES string of the molecule is C=CCn1c(SCC(=O)c2c(C)[nH]c3ccccc23)nnc1-c1ccccc1. The maximum absolute atomic E-state index is 12.9. The Morgan fingerprint density at radius 3 is 2.68 bits per heavy atom. The molecule has 2 heterocycles. The van der Waals surface area contributed by atoms with Gasteiger partial charge in [0, 0.05) is 34.3 Å². The normalized spacial score (nSPS) is 11.0. The first-order chi connectivity index (χ1) is 13.7. The fourth-order valence-corrected chi connectivity index (χ4v) is 4.15. The highest BCUT2D eigenvalue weighted by molar-refractivity contribution is 7.99. The van der Waals surface area contributed by atoms with Crippen LogP contribution in [0.25, 0.3) is 22.3 Å². The van der Waals surface area contributed by atoms with Crippen molar-refractivity contribution < 1.29 is 4.79 Å². The number of aromatic amines is 1. The second-order valence-corrected chi connectivity index (χ2v) is 7.40. The van der Waals surface area contributed by atoms with E-state index < -0.39 is 0 Å². The molecule has 0 aliphatic carbocycles. The molecular weight excluding hydrogens is 368 g/mol. The number of thioether (sulfide) groups is 1. The summed E-state index contributed by atoms with van der Waals surface area (Å²) < 4.78 is 1.99.